The molecule has 0 spiro atoms. The molecule has 0 saturated carbocycles. The van der Waals surface area contributed by atoms with E-state index in [-0.39, 0.29) is 0 Å². The fraction of sp³-hybridized carbons (Fsp3) is 0.316. The van der Waals surface area contributed by atoms with Crippen molar-refractivity contribution >= 4 is 29.6 Å². The molecule has 0 fully saturated rings. The fourth-order valence-electron chi connectivity index (χ4n) is 2.63. The Balaban J connectivity index is 2.02. The van der Waals surface area contributed by atoms with E-state index in [0.717, 1.165) is 22.6 Å². The Bertz CT molecular complexity index is 845. The molecule has 8 heteroatoms. The molecule has 2 rings (SSSR count). The molecule has 0 saturated heterocycles. The highest BCUT2D eigenvalue weighted by atomic mass is 35.5. The van der Waals surface area contributed by atoms with Crippen molar-refractivity contribution in [2.45, 2.75) is 20.3 Å². The molecular weight excluding hydrogens is 368 g/mol. The summed E-state index contributed by atoms with van der Waals surface area (Å²) in [4.78, 5) is 23.4. The molecule has 0 bridgehead atoms. The zero-order valence-electron chi connectivity index (χ0n) is 15.6. The van der Waals surface area contributed by atoms with Crippen LogP contribution in [-0.2, 0) is 14.3 Å². The number of benzene rings is 1. The SMILES string of the molecule is COCCCNC(=O)C(=O)N/N=C\c1cc(C)n(-c2ccccc2Cl)c1C. The molecule has 27 heavy (non-hydrogen) atoms. The van der Waals surface area contributed by atoms with Gasteiger partial charge in [-0.25, -0.2) is 5.43 Å². The minimum atomic E-state index is -0.816. The topological polar surface area (TPSA) is 84.7 Å². The number of para-hydroxylation sites is 1. The number of carbonyl (C=O) groups is 2. The normalized spacial score (nSPS) is 11.0. The number of rotatable bonds is 7. The van der Waals surface area contributed by atoms with Gasteiger partial charge < -0.3 is 14.6 Å². The Kier molecular flexibility index (Phi) is 7.57. The van der Waals surface area contributed by atoms with Crippen molar-refractivity contribution in [1.29, 1.82) is 0 Å². The third kappa shape index (κ3) is 5.42. The second-order valence-electron chi connectivity index (χ2n) is 5.91. The minimum absolute atomic E-state index is 0.364. The number of carbonyl (C=O) groups excluding carboxylic acids is 2. The maximum Gasteiger partial charge on any atom is 0.329 e. The number of halogens is 1. The van der Waals surface area contributed by atoms with Gasteiger partial charge in [-0.05, 0) is 38.5 Å². The quantitative estimate of drug-likeness (QED) is 0.329. The molecule has 144 valence electrons. The highest BCUT2D eigenvalue weighted by molar-refractivity contribution is 6.35. The standard InChI is InChI=1S/C19H23ClN4O3/c1-13-11-15(14(2)24(13)17-8-5-4-7-16(17)20)12-22-23-19(26)18(25)21-9-6-10-27-3/h4-5,7-8,11-12H,6,9-10H2,1-3H3,(H,21,25)(H,23,26)/b22-12-. The number of methoxy groups -OCH3 is 1. The van der Waals surface area contributed by atoms with Crippen molar-refractivity contribution in [3.05, 3.63) is 52.3 Å². The van der Waals surface area contributed by atoms with Gasteiger partial charge in [-0.15, -0.1) is 0 Å². The second kappa shape index (κ2) is 9.89. The van der Waals surface area contributed by atoms with Gasteiger partial charge in [-0.3, -0.25) is 9.59 Å². The maximum atomic E-state index is 11.7. The summed E-state index contributed by atoms with van der Waals surface area (Å²) in [6.07, 6.45) is 2.14. The van der Waals surface area contributed by atoms with Crippen LogP contribution in [0.3, 0.4) is 0 Å². The number of nitrogens with one attached hydrogen (secondary N) is 2. The number of hydrogen-bond donors (Lipinski definition) is 2. The molecule has 0 unspecified atom stereocenters. The summed E-state index contributed by atoms with van der Waals surface area (Å²) in [6, 6.07) is 9.48. The zero-order valence-corrected chi connectivity index (χ0v) is 16.3. The average Bonchev–Trinajstić information content (AvgIpc) is 2.92. The van der Waals surface area contributed by atoms with Crippen LogP contribution in [0, 0.1) is 13.8 Å². The van der Waals surface area contributed by atoms with Gasteiger partial charge in [0, 0.05) is 37.2 Å². The number of aromatic nitrogens is 1. The van der Waals surface area contributed by atoms with Crippen molar-refractivity contribution < 1.29 is 14.3 Å². The van der Waals surface area contributed by atoms with Crippen LogP contribution in [0.4, 0.5) is 0 Å². The van der Waals surface area contributed by atoms with E-state index in [1.807, 2.05) is 48.7 Å². The van der Waals surface area contributed by atoms with Gasteiger partial charge in [0.25, 0.3) is 0 Å². The highest BCUT2D eigenvalue weighted by Crippen LogP contribution is 2.25. The monoisotopic (exact) mass is 390 g/mol. The number of ether oxygens (including phenoxy) is 1. The van der Waals surface area contributed by atoms with Crippen LogP contribution >= 0.6 is 11.6 Å². The molecule has 0 atom stereocenters. The van der Waals surface area contributed by atoms with Crippen LogP contribution in [0.5, 0.6) is 0 Å². The van der Waals surface area contributed by atoms with E-state index < -0.39 is 11.8 Å². The van der Waals surface area contributed by atoms with E-state index in [0.29, 0.717) is 24.6 Å². The Morgan fingerprint density at radius 2 is 2.00 bits per heavy atom. The predicted molar refractivity (Wildman–Crippen MR) is 105 cm³/mol. The van der Waals surface area contributed by atoms with E-state index in [4.69, 9.17) is 16.3 Å². The van der Waals surface area contributed by atoms with Gasteiger partial charge in [0.05, 0.1) is 16.9 Å². The van der Waals surface area contributed by atoms with Gasteiger partial charge >= 0.3 is 11.8 Å². The molecule has 7 nitrogen and oxygen atoms in total. The summed E-state index contributed by atoms with van der Waals surface area (Å²) in [6.45, 7) is 4.77. The first-order valence-corrected chi connectivity index (χ1v) is 8.87. The maximum absolute atomic E-state index is 11.7. The smallest absolute Gasteiger partial charge is 0.329 e. The molecule has 1 aromatic carbocycles. The highest BCUT2D eigenvalue weighted by Gasteiger charge is 2.13. The largest absolute Gasteiger partial charge is 0.385 e. The van der Waals surface area contributed by atoms with E-state index >= 15 is 0 Å². The summed E-state index contributed by atoms with van der Waals surface area (Å²) in [7, 11) is 1.58. The van der Waals surface area contributed by atoms with Gasteiger partial charge in [0.2, 0.25) is 0 Å². The number of aryl methyl sites for hydroxylation is 1. The third-order valence-electron chi connectivity index (χ3n) is 3.95. The van der Waals surface area contributed by atoms with Crippen LogP contribution in [0.15, 0.2) is 35.4 Å². The number of nitrogens with zero attached hydrogens (tertiary/aromatic N) is 2. The molecule has 0 radical (unpaired) electrons. The van der Waals surface area contributed by atoms with Crippen LogP contribution in [0.25, 0.3) is 5.69 Å². The molecule has 2 aromatic rings. The Morgan fingerprint density at radius 1 is 1.26 bits per heavy atom. The van der Waals surface area contributed by atoms with Gasteiger partial charge in [-0.1, -0.05) is 23.7 Å². The summed E-state index contributed by atoms with van der Waals surface area (Å²) >= 11 is 6.29. The first kappa shape index (κ1) is 20.7. The van der Waals surface area contributed by atoms with Crippen molar-refractivity contribution in [2.24, 2.45) is 5.10 Å². The molecule has 1 aromatic heterocycles. The Hall–Kier alpha value is -2.64. The van der Waals surface area contributed by atoms with Crippen LogP contribution < -0.4 is 10.7 Å². The number of hydrazone groups is 1. The van der Waals surface area contributed by atoms with E-state index in [1.165, 1.54) is 6.21 Å². The molecule has 0 aliphatic rings. The molecule has 1 heterocycles. The van der Waals surface area contributed by atoms with Crippen molar-refractivity contribution in [1.82, 2.24) is 15.3 Å². The second-order valence-corrected chi connectivity index (χ2v) is 6.32. The zero-order chi connectivity index (χ0) is 19.8. The summed E-state index contributed by atoms with van der Waals surface area (Å²) in [5.74, 6) is -1.55. The first-order chi connectivity index (χ1) is 13.0. The summed E-state index contributed by atoms with van der Waals surface area (Å²) in [5, 5.41) is 7.02. The van der Waals surface area contributed by atoms with Gasteiger partial charge in [-0.2, -0.15) is 5.10 Å². The minimum Gasteiger partial charge on any atom is -0.385 e. The summed E-state index contributed by atoms with van der Waals surface area (Å²) in [5.41, 5.74) is 5.81. The molecular formula is C19H23ClN4O3. The van der Waals surface area contributed by atoms with Gasteiger partial charge in [0.1, 0.15) is 0 Å². The van der Waals surface area contributed by atoms with Crippen LogP contribution in [-0.4, -0.2) is 42.9 Å². The van der Waals surface area contributed by atoms with E-state index in [1.54, 1.807) is 7.11 Å². The van der Waals surface area contributed by atoms with Crippen LogP contribution in [0.1, 0.15) is 23.4 Å². The fourth-order valence-corrected chi connectivity index (χ4v) is 2.85. The Labute approximate surface area is 163 Å². The third-order valence-corrected chi connectivity index (χ3v) is 4.27. The molecule has 2 N–H and O–H groups in total. The molecule has 0 aliphatic heterocycles. The first-order valence-electron chi connectivity index (χ1n) is 8.49. The molecule has 0 aliphatic carbocycles. The van der Waals surface area contributed by atoms with E-state index in [9.17, 15) is 9.59 Å². The lowest BCUT2D eigenvalue weighted by atomic mass is 10.2. The van der Waals surface area contributed by atoms with Crippen molar-refractivity contribution in [2.75, 3.05) is 20.3 Å². The molecule has 2 amide bonds. The Morgan fingerprint density at radius 3 is 2.70 bits per heavy atom. The summed E-state index contributed by atoms with van der Waals surface area (Å²) < 4.78 is 6.88. The predicted octanol–water partition coefficient (Wildman–Crippen LogP) is 2.35. The lowest BCUT2D eigenvalue weighted by Gasteiger charge is -2.11. The van der Waals surface area contributed by atoms with Crippen LogP contribution in [0.2, 0.25) is 5.02 Å². The van der Waals surface area contributed by atoms with E-state index in [2.05, 4.69) is 15.8 Å². The van der Waals surface area contributed by atoms with Crippen molar-refractivity contribution in [3.8, 4) is 5.69 Å². The lowest BCUT2D eigenvalue weighted by molar-refractivity contribution is -0.139. The average molecular weight is 391 g/mol. The number of amides is 2. The van der Waals surface area contributed by atoms with Gasteiger partial charge in [0.15, 0.2) is 0 Å². The number of hydrogen-bond acceptors (Lipinski definition) is 4. The van der Waals surface area contributed by atoms with Crippen molar-refractivity contribution in [3.63, 3.8) is 0 Å². The lowest BCUT2D eigenvalue weighted by Crippen LogP contribution is -2.38.